The van der Waals surface area contributed by atoms with Crippen LogP contribution in [0.15, 0.2) is 30.3 Å². The fraction of sp³-hybridized carbons (Fsp3) is 0.533. The van der Waals surface area contributed by atoms with E-state index < -0.39 is 0 Å². The quantitative estimate of drug-likeness (QED) is 0.801. The van der Waals surface area contributed by atoms with Crippen LogP contribution in [-0.2, 0) is 4.79 Å². The highest BCUT2D eigenvalue weighted by Crippen LogP contribution is 2.13. The summed E-state index contributed by atoms with van der Waals surface area (Å²) >= 11 is 0. The third kappa shape index (κ3) is 7.67. The highest BCUT2D eigenvalue weighted by atomic mass is 35.5. The van der Waals surface area contributed by atoms with Crippen molar-refractivity contribution in [2.24, 2.45) is 5.73 Å². The van der Waals surface area contributed by atoms with Crippen LogP contribution >= 0.6 is 24.8 Å². The maximum absolute atomic E-state index is 12.1. The van der Waals surface area contributed by atoms with Gasteiger partial charge in [0.25, 0.3) is 0 Å². The normalized spacial score (nSPS) is 11.5. The number of benzene rings is 1. The topological polar surface area (TPSA) is 58.4 Å². The zero-order valence-electron chi connectivity index (χ0n) is 12.9. The van der Waals surface area contributed by atoms with E-state index in [0.717, 1.165) is 12.1 Å². The molecule has 0 bridgehead atoms. The van der Waals surface area contributed by atoms with Gasteiger partial charge < -0.3 is 16.0 Å². The van der Waals surface area contributed by atoms with Crippen molar-refractivity contribution < 1.29 is 4.79 Å². The first-order valence-corrected chi connectivity index (χ1v) is 6.79. The summed E-state index contributed by atoms with van der Waals surface area (Å²) in [6, 6.07) is 10.2. The number of hydrogen-bond donors (Lipinski definition) is 2. The predicted molar refractivity (Wildman–Crippen MR) is 93.5 cm³/mol. The molecule has 0 saturated carbocycles. The van der Waals surface area contributed by atoms with Gasteiger partial charge in [-0.1, -0.05) is 30.3 Å². The minimum Gasteiger partial charge on any atom is -0.354 e. The lowest BCUT2D eigenvalue weighted by Gasteiger charge is -2.22. The number of carbonyl (C=O) groups is 1. The van der Waals surface area contributed by atoms with Crippen molar-refractivity contribution in [1.82, 2.24) is 10.2 Å². The number of hydrogen-bond acceptors (Lipinski definition) is 3. The number of nitrogens with zero attached hydrogens (tertiary/aromatic N) is 1. The van der Waals surface area contributed by atoms with Crippen molar-refractivity contribution in [3.63, 3.8) is 0 Å². The van der Waals surface area contributed by atoms with Gasteiger partial charge in [-0.15, -0.1) is 24.8 Å². The minimum atomic E-state index is -0.259. The van der Waals surface area contributed by atoms with E-state index in [2.05, 4.69) is 31.1 Å². The lowest BCUT2D eigenvalue weighted by molar-refractivity contribution is -0.122. The number of carbonyl (C=O) groups excluding carboxylic acids is 1. The van der Waals surface area contributed by atoms with Crippen LogP contribution in [0.1, 0.15) is 25.3 Å². The molecular weight excluding hydrogens is 309 g/mol. The van der Waals surface area contributed by atoms with Crippen molar-refractivity contribution in [1.29, 1.82) is 0 Å². The molecule has 0 aliphatic heterocycles. The van der Waals surface area contributed by atoms with Gasteiger partial charge in [0.15, 0.2) is 0 Å². The van der Waals surface area contributed by atoms with Gasteiger partial charge in [0, 0.05) is 25.7 Å². The number of halogens is 2. The number of rotatable bonds is 7. The Hall–Kier alpha value is -0.810. The highest BCUT2D eigenvalue weighted by Gasteiger charge is 2.18. The SMILES string of the molecule is CC(C)N(C)CCNC(=O)C(CN)c1ccccc1.Cl.Cl. The summed E-state index contributed by atoms with van der Waals surface area (Å²) in [4.78, 5) is 14.3. The molecule has 4 nitrogen and oxygen atoms in total. The Morgan fingerprint density at radius 1 is 1.24 bits per heavy atom. The highest BCUT2D eigenvalue weighted by molar-refractivity contribution is 5.85. The Bertz CT molecular complexity index is 388. The molecule has 1 aromatic carbocycles. The van der Waals surface area contributed by atoms with Crippen molar-refractivity contribution >= 4 is 30.7 Å². The van der Waals surface area contributed by atoms with E-state index in [4.69, 9.17) is 5.73 Å². The fourth-order valence-corrected chi connectivity index (χ4v) is 1.82. The molecule has 1 aromatic rings. The summed E-state index contributed by atoms with van der Waals surface area (Å²) < 4.78 is 0. The molecule has 6 heteroatoms. The Labute approximate surface area is 140 Å². The van der Waals surface area contributed by atoms with E-state index in [-0.39, 0.29) is 36.6 Å². The van der Waals surface area contributed by atoms with Crippen LogP contribution in [0.25, 0.3) is 0 Å². The van der Waals surface area contributed by atoms with Crippen molar-refractivity contribution in [3.8, 4) is 0 Å². The van der Waals surface area contributed by atoms with Gasteiger partial charge in [-0.2, -0.15) is 0 Å². The van der Waals surface area contributed by atoms with Gasteiger partial charge in [0.2, 0.25) is 5.91 Å². The molecule has 1 amide bonds. The number of amides is 1. The Kier molecular flexibility index (Phi) is 12.6. The van der Waals surface area contributed by atoms with Crippen LogP contribution in [-0.4, -0.2) is 43.5 Å². The number of likely N-dealkylation sites (N-methyl/N-ethyl adjacent to an activating group) is 1. The van der Waals surface area contributed by atoms with Crippen LogP contribution < -0.4 is 11.1 Å². The molecule has 0 saturated heterocycles. The monoisotopic (exact) mass is 335 g/mol. The summed E-state index contributed by atoms with van der Waals surface area (Å²) in [5.41, 5.74) is 6.69. The van der Waals surface area contributed by atoms with Crippen molar-refractivity contribution in [2.75, 3.05) is 26.7 Å². The van der Waals surface area contributed by atoms with Gasteiger partial charge in [-0.05, 0) is 26.5 Å². The number of nitrogens with two attached hydrogens (primary N) is 1. The number of nitrogens with one attached hydrogen (secondary N) is 1. The van der Waals surface area contributed by atoms with Gasteiger partial charge >= 0.3 is 0 Å². The van der Waals surface area contributed by atoms with Crippen LogP contribution in [0.4, 0.5) is 0 Å². The standard InChI is InChI=1S/C15H25N3O.2ClH/c1-12(2)18(3)10-9-17-15(19)14(11-16)13-7-5-4-6-8-13;;/h4-8,12,14H,9-11,16H2,1-3H3,(H,17,19);2*1H. The Morgan fingerprint density at radius 2 is 1.81 bits per heavy atom. The molecule has 122 valence electrons. The molecule has 1 rings (SSSR count). The first-order chi connectivity index (χ1) is 9.06. The first-order valence-electron chi connectivity index (χ1n) is 6.79. The molecule has 0 spiro atoms. The Morgan fingerprint density at radius 3 is 2.29 bits per heavy atom. The van der Waals surface area contributed by atoms with E-state index in [0.29, 0.717) is 19.1 Å². The van der Waals surface area contributed by atoms with Gasteiger partial charge in [0.1, 0.15) is 0 Å². The second-order valence-electron chi connectivity index (χ2n) is 5.06. The van der Waals surface area contributed by atoms with E-state index in [1.165, 1.54) is 0 Å². The van der Waals surface area contributed by atoms with Crippen molar-refractivity contribution in [2.45, 2.75) is 25.8 Å². The van der Waals surface area contributed by atoms with E-state index in [1.54, 1.807) is 0 Å². The smallest absolute Gasteiger partial charge is 0.228 e. The predicted octanol–water partition coefficient (Wildman–Crippen LogP) is 2.03. The molecule has 0 heterocycles. The molecule has 21 heavy (non-hydrogen) atoms. The Balaban J connectivity index is 0. The molecule has 0 aliphatic rings. The third-order valence-corrected chi connectivity index (χ3v) is 3.40. The van der Waals surface area contributed by atoms with Crippen LogP contribution in [0, 0.1) is 0 Å². The van der Waals surface area contributed by atoms with E-state index in [9.17, 15) is 4.79 Å². The van der Waals surface area contributed by atoms with Gasteiger partial charge in [-0.3, -0.25) is 4.79 Å². The molecule has 0 aromatic heterocycles. The minimum absolute atomic E-state index is 0. The van der Waals surface area contributed by atoms with Crippen LogP contribution in [0.3, 0.4) is 0 Å². The second kappa shape index (κ2) is 11.8. The summed E-state index contributed by atoms with van der Waals surface area (Å²) in [6.07, 6.45) is 0. The molecule has 1 unspecified atom stereocenters. The summed E-state index contributed by atoms with van der Waals surface area (Å²) in [6.45, 7) is 6.09. The zero-order valence-corrected chi connectivity index (χ0v) is 14.5. The maximum atomic E-state index is 12.1. The average molecular weight is 336 g/mol. The fourth-order valence-electron chi connectivity index (χ4n) is 1.82. The largest absolute Gasteiger partial charge is 0.354 e. The molecule has 0 aliphatic carbocycles. The maximum Gasteiger partial charge on any atom is 0.228 e. The molecular formula is C15H27Cl2N3O. The lowest BCUT2D eigenvalue weighted by atomic mass is 9.98. The molecule has 0 fully saturated rings. The van der Waals surface area contributed by atoms with Crippen LogP contribution in [0.2, 0.25) is 0 Å². The van der Waals surface area contributed by atoms with Gasteiger partial charge in [0.05, 0.1) is 5.92 Å². The molecule has 3 N–H and O–H groups in total. The average Bonchev–Trinajstić information content (AvgIpc) is 2.40. The lowest BCUT2D eigenvalue weighted by Crippen LogP contribution is -2.39. The van der Waals surface area contributed by atoms with Gasteiger partial charge in [-0.25, -0.2) is 0 Å². The summed E-state index contributed by atoms with van der Waals surface area (Å²) in [5, 5.41) is 2.96. The first kappa shape index (κ1) is 22.5. The van der Waals surface area contributed by atoms with E-state index in [1.807, 2.05) is 30.3 Å². The molecule has 1 atom stereocenters. The van der Waals surface area contributed by atoms with E-state index >= 15 is 0 Å². The third-order valence-electron chi connectivity index (χ3n) is 3.40. The summed E-state index contributed by atoms with van der Waals surface area (Å²) in [7, 11) is 2.05. The zero-order chi connectivity index (χ0) is 14.3. The second-order valence-corrected chi connectivity index (χ2v) is 5.06. The van der Waals surface area contributed by atoms with Crippen molar-refractivity contribution in [3.05, 3.63) is 35.9 Å². The van der Waals surface area contributed by atoms with Crippen LogP contribution in [0.5, 0.6) is 0 Å². The molecule has 0 radical (unpaired) electrons. The summed E-state index contributed by atoms with van der Waals surface area (Å²) in [5.74, 6) is -0.253.